The van der Waals surface area contributed by atoms with Crippen LogP contribution in [0.3, 0.4) is 0 Å². The van der Waals surface area contributed by atoms with Crippen molar-refractivity contribution in [3.05, 3.63) is 29.1 Å². The number of rotatable bonds is 0. The van der Waals surface area contributed by atoms with Crippen molar-refractivity contribution in [3.8, 4) is 0 Å². The number of pyridine rings is 1. The van der Waals surface area contributed by atoms with E-state index >= 15 is 0 Å². The van der Waals surface area contributed by atoms with E-state index in [0.29, 0.717) is 6.04 Å². The number of hydrogen-bond donors (Lipinski definition) is 4. The Bertz CT molecular complexity index is 478. The zero-order valence-corrected chi connectivity index (χ0v) is 18.7. The van der Waals surface area contributed by atoms with Crippen molar-refractivity contribution in [1.29, 1.82) is 0 Å². The summed E-state index contributed by atoms with van der Waals surface area (Å²) in [4.78, 5) is 4.92. The Labute approximate surface area is 160 Å². The summed E-state index contributed by atoms with van der Waals surface area (Å²) in [6.07, 6.45) is 3.65. The summed E-state index contributed by atoms with van der Waals surface area (Å²) < 4.78 is 0. The smallest absolute Gasteiger partial charge is 0.0608 e. The van der Waals surface area contributed by atoms with Gasteiger partial charge in [-0.25, -0.2) is 0 Å². The van der Waals surface area contributed by atoms with E-state index in [4.69, 9.17) is 24.4 Å². The molecular formula is C16H27Cl2N5Zn. The second-order valence-corrected chi connectivity index (χ2v) is 10.6. The van der Waals surface area contributed by atoms with Crippen molar-refractivity contribution < 1.29 is 15.1 Å². The van der Waals surface area contributed by atoms with Crippen LogP contribution < -0.4 is 21.3 Å². The van der Waals surface area contributed by atoms with Gasteiger partial charge in [-0.05, 0) is 30.9 Å². The van der Waals surface area contributed by atoms with Crippen LogP contribution in [0.2, 0.25) is 0 Å². The normalized spacial score (nSPS) is 22.2. The number of aryl methyl sites for hydroxylation is 1. The van der Waals surface area contributed by atoms with Crippen LogP contribution in [0.4, 0.5) is 0 Å². The van der Waals surface area contributed by atoms with Crippen LogP contribution in [0.1, 0.15) is 35.8 Å². The third kappa shape index (κ3) is 7.21. The summed E-state index contributed by atoms with van der Waals surface area (Å²) in [7, 11) is 9.90. The fourth-order valence-electron chi connectivity index (χ4n) is 3.14. The van der Waals surface area contributed by atoms with Gasteiger partial charge in [0, 0.05) is 51.9 Å². The molecule has 2 heterocycles. The Morgan fingerprint density at radius 1 is 0.958 bits per heavy atom. The van der Waals surface area contributed by atoms with E-state index in [1.54, 1.807) is 0 Å². The summed E-state index contributed by atoms with van der Waals surface area (Å²) >= 11 is -0.931. The van der Waals surface area contributed by atoms with Crippen LogP contribution in [0.15, 0.2) is 12.1 Å². The van der Waals surface area contributed by atoms with E-state index in [2.05, 4.69) is 33.4 Å². The molecule has 2 bridgehead atoms. The van der Waals surface area contributed by atoms with Crippen molar-refractivity contribution >= 4 is 19.4 Å². The minimum Gasteiger partial charge on any atom is -0.314 e. The van der Waals surface area contributed by atoms with Crippen molar-refractivity contribution in [3.63, 3.8) is 0 Å². The maximum atomic E-state index is 4.95. The van der Waals surface area contributed by atoms with Gasteiger partial charge in [-0.3, -0.25) is 4.98 Å². The van der Waals surface area contributed by atoms with Crippen LogP contribution in [-0.4, -0.2) is 44.3 Å². The molecule has 8 heteroatoms. The molecule has 5 nitrogen and oxygen atoms in total. The van der Waals surface area contributed by atoms with Gasteiger partial charge >= 0.3 is 34.5 Å². The fourth-order valence-corrected chi connectivity index (χ4v) is 3.14. The van der Waals surface area contributed by atoms with Crippen LogP contribution in [0.5, 0.6) is 0 Å². The quantitative estimate of drug-likeness (QED) is 0.477. The average molecular weight is 426 g/mol. The Morgan fingerprint density at radius 3 is 2.38 bits per heavy atom. The molecule has 1 aliphatic heterocycles. The molecule has 0 aromatic carbocycles. The minimum absolute atomic E-state index is 0.429. The molecule has 0 spiro atoms. The van der Waals surface area contributed by atoms with Crippen molar-refractivity contribution in [1.82, 2.24) is 26.3 Å². The van der Waals surface area contributed by atoms with E-state index in [1.165, 1.54) is 30.5 Å². The molecule has 3 rings (SSSR count). The van der Waals surface area contributed by atoms with Gasteiger partial charge in [0.2, 0.25) is 0 Å². The molecule has 24 heavy (non-hydrogen) atoms. The zero-order valence-electron chi connectivity index (χ0n) is 14.2. The van der Waals surface area contributed by atoms with Gasteiger partial charge in [0.25, 0.3) is 0 Å². The van der Waals surface area contributed by atoms with E-state index in [9.17, 15) is 0 Å². The van der Waals surface area contributed by atoms with Crippen LogP contribution in [0.25, 0.3) is 0 Å². The van der Waals surface area contributed by atoms with Gasteiger partial charge in [-0.15, -0.1) is 0 Å². The summed E-state index contributed by atoms with van der Waals surface area (Å²) in [5, 5.41) is 14.0. The predicted molar refractivity (Wildman–Crippen MR) is 97.1 cm³/mol. The molecule has 0 saturated heterocycles. The first-order chi connectivity index (χ1) is 11.8. The standard InChI is InChI=1S/C16H27N5.2ClH.Zn/c1-2-13-4-5-14-12-19-9-8-17-6-7-18-10-11-20-15(3-1)16(13)21-14;;;/h4-5,15,17-20H,1-3,6-12H2;2*1H;/q;;;+2/p-2. The molecule has 2 aliphatic rings. The SMILES string of the molecule is [Cl][Zn][Cl].c1cc2c3nc1CNCCNCCNCCNC3CCC2. The Kier molecular flexibility index (Phi) is 10.7. The van der Waals surface area contributed by atoms with Gasteiger partial charge in [-0.2, -0.15) is 0 Å². The first kappa shape index (κ1) is 20.5. The van der Waals surface area contributed by atoms with Crippen LogP contribution >= 0.6 is 19.4 Å². The molecule has 0 saturated carbocycles. The van der Waals surface area contributed by atoms with Gasteiger partial charge in [0.05, 0.1) is 11.4 Å². The third-order valence-electron chi connectivity index (χ3n) is 4.29. The Morgan fingerprint density at radius 2 is 1.62 bits per heavy atom. The maximum Gasteiger partial charge on any atom is 0.0608 e. The second kappa shape index (κ2) is 12.5. The molecular weight excluding hydrogens is 399 g/mol. The monoisotopic (exact) mass is 423 g/mol. The van der Waals surface area contributed by atoms with Crippen LogP contribution in [-0.2, 0) is 28.1 Å². The number of fused-ring (bicyclic) bond motifs is 1. The number of hydrogen-bond acceptors (Lipinski definition) is 5. The summed E-state index contributed by atoms with van der Waals surface area (Å²) in [5.41, 5.74) is 3.88. The molecule has 0 amide bonds. The Balaban J connectivity index is 0.000000647. The molecule has 1 aliphatic carbocycles. The van der Waals surface area contributed by atoms with E-state index in [1.807, 2.05) is 0 Å². The van der Waals surface area contributed by atoms with Gasteiger partial charge in [-0.1, -0.05) is 6.07 Å². The number of aromatic nitrogens is 1. The largest absolute Gasteiger partial charge is 0.314 e. The van der Waals surface area contributed by atoms with Crippen LogP contribution in [0, 0.1) is 0 Å². The average Bonchev–Trinajstić information content (AvgIpc) is 2.60. The molecule has 4 N–H and O–H groups in total. The zero-order chi connectivity index (χ0) is 17.0. The molecule has 1 atom stereocenters. The predicted octanol–water partition coefficient (Wildman–Crippen LogP) is 1.71. The van der Waals surface area contributed by atoms with Crippen molar-refractivity contribution in [2.24, 2.45) is 0 Å². The first-order valence-corrected chi connectivity index (χ1v) is 16.6. The molecule has 0 radical (unpaired) electrons. The summed E-state index contributed by atoms with van der Waals surface area (Å²) in [5.74, 6) is 0. The van der Waals surface area contributed by atoms with Gasteiger partial charge in [0.15, 0.2) is 0 Å². The second-order valence-electron chi connectivity index (χ2n) is 6.02. The fraction of sp³-hybridized carbons (Fsp3) is 0.688. The Hall–Kier alpha value is 0.193. The molecule has 1 aromatic heterocycles. The van der Waals surface area contributed by atoms with Gasteiger partial charge in [0.1, 0.15) is 0 Å². The van der Waals surface area contributed by atoms with E-state index in [0.717, 1.165) is 51.5 Å². The molecule has 1 unspecified atom stereocenters. The minimum atomic E-state index is -0.931. The first-order valence-electron chi connectivity index (χ1n) is 8.81. The van der Waals surface area contributed by atoms with Gasteiger partial charge < -0.3 is 21.3 Å². The van der Waals surface area contributed by atoms with Crippen molar-refractivity contribution in [2.75, 3.05) is 39.3 Å². The molecule has 1 aromatic rings. The van der Waals surface area contributed by atoms with Crippen molar-refractivity contribution in [2.45, 2.75) is 31.8 Å². The number of nitrogens with zero attached hydrogens (tertiary/aromatic N) is 1. The topological polar surface area (TPSA) is 61.0 Å². The number of halogens is 2. The number of nitrogens with one attached hydrogen (secondary N) is 4. The molecule has 132 valence electrons. The third-order valence-corrected chi connectivity index (χ3v) is 4.29. The van der Waals surface area contributed by atoms with E-state index < -0.39 is 15.1 Å². The summed E-state index contributed by atoms with van der Waals surface area (Å²) in [6.45, 7) is 6.94. The maximum absolute atomic E-state index is 4.95. The summed E-state index contributed by atoms with van der Waals surface area (Å²) in [6, 6.07) is 4.89. The van der Waals surface area contributed by atoms with E-state index in [-0.39, 0.29) is 0 Å². The molecule has 0 fully saturated rings.